The quantitative estimate of drug-likeness (QED) is 0.473. The highest BCUT2D eigenvalue weighted by molar-refractivity contribution is 7.80. The SMILES string of the molecule is COCCNC(=S)NCCOCCC(C)C. The van der Waals surface area contributed by atoms with Crippen LogP contribution in [0.4, 0.5) is 0 Å². The number of ether oxygens (including phenoxy) is 2. The van der Waals surface area contributed by atoms with Gasteiger partial charge in [-0.1, -0.05) is 13.8 Å². The minimum absolute atomic E-state index is 0.657. The first kappa shape index (κ1) is 15.6. The average Bonchev–Trinajstić information content (AvgIpc) is 2.23. The van der Waals surface area contributed by atoms with Crippen LogP contribution < -0.4 is 10.6 Å². The Hall–Kier alpha value is -0.390. The standard InChI is InChI=1S/C11H24N2O2S/c1-10(2)4-7-15-9-6-13-11(16)12-5-8-14-3/h10H,4-9H2,1-3H3,(H2,12,13,16). The van der Waals surface area contributed by atoms with Crippen LogP contribution in [0.5, 0.6) is 0 Å². The molecule has 0 fully saturated rings. The van der Waals surface area contributed by atoms with E-state index >= 15 is 0 Å². The van der Waals surface area contributed by atoms with Gasteiger partial charge in [-0.05, 0) is 24.6 Å². The van der Waals surface area contributed by atoms with Crippen LogP contribution in [0, 0.1) is 5.92 Å². The molecule has 0 heterocycles. The Morgan fingerprint density at radius 1 is 1.12 bits per heavy atom. The lowest BCUT2D eigenvalue weighted by Crippen LogP contribution is -2.38. The van der Waals surface area contributed by atoms with E-state index in [9.17, 15) is 0 Å². The molecule has 0 bridgehead atoms. The van der Waals surface area contributed by atoms with Gasteiger partial charge in [-0.3, -0.25) is 0 Å². The Labute approximate surface area is 104 Å². The Balaban J connectivity index is 3.15. The third kappa shape index (κ3) is 11.7. The number of hydrogen-bond acceptors (Lipinski definition) is 3. The Morgan fingerprint density at radius 2 is 1.75 bits per heavy atom. The van der Waals surface area contributed by atoms with Gasteiger partial charge in [0.25, 0.3) is 0 Å². The molecule has 4 nitrogen and oxygen atoms in total. The normalized spacial score (nSPS) is 10.5. The Morgan fingerprint density at radius 3 is 2.31 bits per heavy atom. The maximum absolute atomic E-state index is 5.45. The number of thiocarbonyl (C=S) groups is 1. The van der Waals surface area contributed by atoms with Gasteiger partial charge >= 0.3 is 0 Å². The van der Waals surface area contributed by atoms with Gasteiger partial charge in [-0.25, -0.2) is 0 Å². The smallest absolute Gasteiger partial charge is 0.166 e. The summed E-state index contributed by atoms with van der Waals surface area (Å²) in [5.74, 6) is 0.699. The van der Waals surface area contributed by atoms with Crippen molar-refractivity contribution in [1.29, 1.82) is 0 Å². The second-order valence-electron chi connectivity index (χ2n) is 3.97. The molecule has 16 heavy (non-hydrogen) atoms. The Kier molecular flexibility index (Phi) is 10.8. The minimum atomic E-state index is 0.657. The van der Waals surface area contributed by atoms with Crippen molar-refractivity contribution in [1.82, 2.24) is 10.6 Å². The van der Waals surface area contributed by atoms with Crippen molar-refractivity contribution in [2.24, 2.45) is 5.92 Å². The molecule has 0 aromatic rings. The molecule has 0 saturated heterocycles. The van der Waals surface area contributed by atoms with E-state index in [-0.39, 0.29) is 0 Å². The number of rotatable bonds is 9. The molecule has 0 aliphatic rings. The highest BCUT2D eigenvalue weighted by Gasteiger charge is 1.95. The topological polar surface area (TPSA) is 42.5 Å². The largest absolute Gasteiger partial charge is 0.383 e. The van der Waals surface area contributed by atoms with Gasteiger partial charge in [-0.2, -0.15) is 0 Å². The zero-order chi connectivity index (χ0) is 12.2. The van der Waals surface area contributed by atoms with Crippen LogP contribution in [-0.2, 0) is 9.47 Å². The lowest BCUT2D eigenvalue weighted by Gasteiger charge is -2.10. The molecule has 0 spiro atoms. The van der Waals surface area contributed by atoms with Crippen molar-refractivity contribution in [3.05, 3.63) is 0 Å². The first-order valence-electron chi connectivity index (χ1n) is 5.75. The predicted octanol–water partition coefficient (Wildman–Crippen LogP) is 1.16. The molecule has 0 unspecified atom stereocenters. The molecule has 0 saturated carbocycles. The fraction of sp³-hybridized carbons (Fsp3) is 0.909. The third-order valence-corrected chi connectivity index (χ3v) is 2.25. The Bertz CT molecular complexity index is 177. The monoisotopic (exact) mass is 248 g/mol. The summed E-state index contributed by atoms with van der Waals surface area (Å²) >= 11 is 5.05. The van der Waals surface area contributed by atoms with Gasteiger partial charge in [0, 0.05) is 26.8 Å². The molecule has 0 atom stereocenters. The van der Waals surface area contributed by atoms with Crippen LogP contribution in [0.2, 0.25) is 0 Å². The minimum Gasteiger partial charge on any atom is -0.383 e. The summed E-state index contributed by atoms with van der Waals surface area (Å²) in [6.45, 7) is 8.04. The van der Waals surface area contributed by atoms with Gasteiger partial charge in [0.1, 0.15) is 0 Å². The van der Waals surface area contributed by atoms with Crippen molar-refractivity contribution >= 4 is 17.3 Å². The van der Waals surface area contributed by atoms with E-state index in [0.717, 1.165) is 26.1 Å². The van der Waals surface area contributed by atoms with Crippen LogP contribution >= 0.6 is 12.2 Å². The maximum atomic E-state index is 5.45. The number of hydrogen-bond donors (Lipinski definition) is 2. The summed E-state index contributed by atoms with van der Waals surface area (Å²) in [7, 11) is 1.67. The highest BCUT2D eigenvalue weighted by Crippen LogP contribution is 1.98. The van der Waals surface area contributed by atoms with Gasteiger partial charge in [0.15, 0.2) is 5.11 Å². The van der Waals surface area contributed by atoms with Crippen molar-refractivity contribution in [2.75, 3.05) is 40.0 Å². The van der Waals surface area contributed by atoms with Gasteiger partial charge < -0.3 is 20.1 Å². The van der Waals surface area contributed by atoms with Crippen molar-refractivity contribution in [3.8, 4) is 0 Å². The van der Waals surface area contributed by atoms with E-state index in [1.54, 1.807) is 7.11 Å². The van der Waals surface area contributed by atoms with Crippen molar-refractivity contribution < 1.29 is 9.47 Å². The van der Waals surface area contributed by atoms with E-state index in [0.29, 0.717) is 24.2 Å². The third-order valence-electron chi connectivity index (χ3n) is 1.96. The van der Waals surface area contributed by atoms with Gasteiger partial charge in [0.2, 0.25) is 0 Å². The molecule has 0 aliphatic heterocycles. The van der Waals surface area contributed by atoms with Crippen LogP contribution in [0.1, 0.15) is 20.3 Å². The lowest BCUT2D eigenvalue weighted by molar-refractivity contribution is 0.128. The average molecular weight is 248 g/mol. The molecule has 0 aromatic carbocycles. The van der Waals surface area contributed by atoms with E-state index in [4.69, 9.17) is 21.7 Å². The van der Waals surface area contributed by atoms with Crippen LogP contribution in [-0.4, -0.2) is 45.1 Å². The molecule has 0 aliphatic carbocycles. The summed E-state index contributed by atoms with van der Waals surface area (Å²) in [6.07, 6.45) is 1.11. The summed E-state index contributed by atoms with van der Waals surface area (Å²) in [5, 5.41) is 6.76. The molecule has 96 valence electrons. The number of methoxy groups -OCH3 is 1. The molecule has 0 rings (SSSR count). The molecule has 0 amide bonds. The summed E-state index contributed by atoms with van der Waals surface area (Å²) < 4.78 is 10.3. The number of nitrogens with one attached hydrogen (secondary N) is 2. The molecule has 2 N–H and O–H groups in total. The van der Waals surface area contributed by atoms with Crippen molar-refractivity contribution in [3.63, 3.8) is 0 Å². The van der Waals surface area contributed by atoms with Crippen LogP contribution in [0.25, 0.3) is 0 Å². The predicted molar refractivity (Wildman–Crippen MR) is 70.8 cm³/mol. The van der Waals surface area contributed by atoms with E-state index in [2.05, 4.69) is 24.5 Å². The fourth-order valence-electron chi connectivity index (χ4n) is 0.987. The molecular formula is C11H24N2O2S. The molecular weight excluding hydrogens is 224 g/mol. The van der Waals surface area contributed by atoms with E-state index in [1.165, 1.54) is 0 Å². The van der Waals surface area contributed by atoms with E-state index in [1.807, 2.05) is 0 Å². The van der Waals surface area contributed by atoms with Crippen LogP contribution in [0.3, 0.4) is 0 Å². The van der Waals surface area contributed by atoms with E-state index < -0.39 is 0 Å². The first-order chi connectivity index (χ1) is 7.66. The van der Waals surface area contributed by atoms with Gasteiger partial charge in [0.05, 0.1) is 13.2 Å². The lowest BCUT2D eigenvalue weighted by atomic mass is 10.1. The summed E-state index contributed by atoms with van der Waals surface area (Å²) in [6, 6.07) is 0. The zero-order valence-electron chi connectivity index (χ0n) is 10.5. The molecule has 0 radical (unpaired) electrons. The first-order valence-corrected chi connectivity index (χ1v) is 6.16. The zero-order valence-corrected chi connectivity index (χ0v) is 11.4. The summed E-state index contributed by atoms with van der Waals surface area (Å²) in [4.78, 5) is 0. The van der Waals surface area contributed by atoms with Crippen molar-refractivity contribution in [2.45, 2.75) is 20.3 Å². The highest BCUT2D eigenvalue weighted by atomic mass is 32.1. The maximum Gasteiger partial charge on any atom is 0.166 e. The molecule has 0 aromatic heterocycles. The molecule has 5 heteroatoms. The second-order valence-corrected chi connectivity index (χ2v) is 4.38. The second kappa shape index (κ2) is 11.1. The van der Waals surface area contributed by atoms with Crippen LogP contribution in [0.15, 0.2) is 0 Å². The summed E-state index contributed by atoms with van der Waals surface area (Å²) in [5.41, 5.74) is 0. The fourth-order valence-corrected chi connectivity index (χ4v) is 1.19. The van der Waals surface area contributed by atoms with Gasteiger partial charge in [-0.15, -0.1) is 0 Å².